The second kappa shape index (κ2) is 9.34. The summed E-state index contributed by atoms with van der Waals surface area (Å²) in [7, 11) is 0. The molecular weight excluding hydrogens is 196 g/mol. The molecule has 3 nitrogen and oxygen atoms in total. The van der Waals surface area contributed by atoms with E-state index >= 15 is 0 Å². The lowest BCUT2D eigenvalue weighted by Gasteiger charge is -2.15. The highest BCUT2D eigenvalue weighted by Crippen LogP contribution is 2.00. The molecule has 0 saturated carbocycles. The van der Waals surface area contributed by atoms with Gasteiger partial charge in [0.25, 0.3) is 0 Å². The van der Waals surface area contributed by atoms with Crippen LogP contribution in [0.3, 0.4) is 0 Å². The zero-order valence-electron chi connectivity index (χ0n) is 9.43. The highest BCUT2D eigenvalue weighted by atomic mass is 32.2. The molecule has 4 heteroatoms. The van der Waals surface area contributed by atoms with Crippen molar-refractivity contribution in [3.05, 3.63) is 0 Å². The molecule has 0 heterocycles. The lowest BCUT2D eigenvalue weighted by molar-refractivity contribution is -0.120. The van der Waals surface area contributed by atoms with Gasteiger partial charge in [-0.05, 0) is 25.6 Å². The quantitative estimate of drug-likeness (QED) is 0.602. The molecule has 0 rings (SSSR count). The molecular formula is C10H22N2OS. The van der Waals surface area contributed by atoms with Crippen LogP contribution in [0.1, 0.15) is 26.7 Å². The number of rotatable bonds is 8. The molecule has 0 aliphatic rings. The first-order valence-corrected chi connectivity index (χ1v) is 6.62. The van der Waals surface area contributed by atoms with E-state index in [0.29, 0.717) is 12.6 Å². The van der Waals surface area contributed by atoms with Crippen molar-refractivity contribution in [3.8, 4) is 0 Å². The SMILES string of the molecule is CCCNCC(=O)NC(CC)CSC. The van der Waals surface area contributed by atoms with Gasteiger partial charge >= 0.3 is 0 Å². The topological polar surface area (TPSA) is 41.1 Å². The second-order valence-electron chi connectivity index (χ2n) is 3.30. The van der Waals surface area contributed by atoms with E-state index in [2.05, 4.69) is 30.7 Å². The maximum absolute atomic E-state index is 11.4. The second-order valence-corrected chi connectivity index (χ2v) is 4.22. The van der Waals surface area contributed by atoms with Crippen LogP contribution in [-0.2, 0) is 4.79 Å². The van der Waals surface area contributed by atoms with Gasteiger partial charge in [0.1, 0.15) is 0 Å². The van der Waals surface area contributed by atoms with Crippen molar-refractivity contribution in [1.82, 2.24) is 10.6 Å². The number of hydrogen-bond donors (Lipinski definition) is 2. The Bertz CT molecular complexity index is 153. The van der Waals surface area contributed by atoms with Crippen LogP contribution in [0.4, 0.5) is 0 Å². The maximum atomic E-state index is 11.4. The fourth-order valence-electron chi connectivity index (χ4n) is 1.12. The molecule has 1 amide bonds. The van der Waals surface area contributed by atoms with Crippen LogP contribution in [0.25, 0.3) is 0 Å². The Kier molecular flexibility index (Phi) is 9.19. The minimum Gasteiger partial charge on any atom is -0.351 e. The molecule has 0 aliphatic carbocycles. The van der Waals surface area contributed by atoms with Crippen LogP contribution in [0.5, 0.6) is 0 Å². The van der Waals surface area contributed by atoms with E-state index in [9.17, 15) is 4.79 Å². The highest BCUT2D eigenvalue weighted by molar-refractivity contribution is 7.98. The van der Waals surface area contributed by atoms with Gasteiger partial charge in [-0.2, -0.15) is 11.8 Å². The Balaban J connectivity index is 3.56. The zero-order valence-corrected chi connectivity index (χ0v) is 10.2. The van der Waals surface area contributed by atoms with Crippen LogP contribution in [0.2, 0.25) is 0 Å². The summed E-state index contributed by atoms with van der Waals surface area (Å²) >= 11 is 1.77. The summed E-state index contributed by atoms with van der Waals surface area (Å²) in [5, 5.41) is 6.09. The Morgan fingerprint density at radius 1 is 1.43 bits per heavy atom. The normalized spacial score (nSPS) is 12.5. The summed E-state index contributed by atoms with van der Waals surface area (Å²) in [5.41, 5.74) is 0. The van der Waals surface area contributed by atoms with E-state index in [-0.39, 0.29) is 5.91 Å². The molecule has 1 atom stereocenters. The molecule has 0 radical (unpaired) electrons. The maximum Gasteiger partial charge on any atom is 0.234 e. The average molecular weight is 218 g/mol. The number of hydrogen-bond acceptors (Lipinski definition) is 3. The third-order valence-corrected chi connectivity index (χ3v) is 2.67. The molecule has 0 spiro atoms. The summed E-state index contributed by atoms with van der Waals surface area (Å²) < 4.78 is 0. The summed E-state index contributed by atoms with van der Waals surface area (Å²) in [5.74, 6) is 1.11. The Labute approximate surface area is 91.4 Å². The number of thioether (sulfide) groups is 1. The van der Waals surface area contributed by atoms with Crippen molar-refractivity contribution in [1.29, 1.82) is 0 Å². The molecule has 14 heavy (non-hydrogen) atoms. The largest absolute Gasteiger partial charge is 0.351 e. The molecule has 0 bridgehead atoms. The van der Waals surface area contributed by atoms with E-state index < -0.39 is 0 Å². The van der Waals surface area contributed by atoms with Gasteiger partial charge < -0.3 is 10.6 Å². The van der Waals surface area contributed by atoms with Gasteiger partial charge in [0.2, 0.25) is 5.91 Å². The number of nitrogens with one attached hydrogen (secondary N) is 2. The molecule has 84 valence electrons. The molecule has 0 aromatic rings. The van der Waals surface area contributed by atoms with E-state index in [4.69, 9.17) is 0 Å². The predicted molar refractivity (Wildman–Crippen MR) is 63.8 cm³/mol. The molecule has 0 aliphatic heterocycles. The van der Waals surface area contributed by atoms with Crippen LogP contribution < -0.4 is 10.6 Å². The summed E-state index contributed by atoms with van der Waals surface area (Å²) in [6.45, 7) is 5.54. The van der Waals surface area contributed by atoms with Crippen molar-refractivity contribution in [2.75, 3.05) is 25.1 Å². The van der Waals surface area contributed by atoms with Crippen LogP contribution >= 0.6 is 11.8 Å². The highest BCUT2D eigenvalue weighted by Gasteiger charge is 2.08. The minimum absolute atomic E-state index is 0.111. The van der Waals surface area contributed by atoms with Crippen molar-refractivity contribution < 1.29 is 4.79 Å². The van der Waals surface area contributed by atoms with E-state index in [0.717, 1.165) is 25.1 Å². The van der Waals surface area contributed by atoms with Gasteiger partial charge in [-0.3, -0.25) is 4.79 Å². The number of amides is 1. The Morgan fingerprint density at radius 3 is 2.64 bits per heavy atom. The van der Waals surface area contributed by atoms with Crippen molar-refractivity contribution in [2.24, 2.45) is 0 Å². The smallest absolute Gasteiger partial charge is 0.234 e. The fourth-order valence-corrected chi connectivity index (χ4v) is 1.84. The van der Waals surface area contributed by atoms with Crippen molar-refractivity contribution >= 4 is 17.7 Å². The predicted octanol–water partition coefficient (Wildman–Crippen LogP) is 1.24. The van der Waals surface area contributed by atoms with Crippen LogP contribution in [0, 0.1) is 0 Å². The zero-order chi connectivity index (χ0) is 10.8. The van der Waals surface area contributed by atoms with Crippen molar-refractivity contribution in [3.63, 3.8) is 0 Å². The molecule has 0 fully saturated rings. The summed E-state index contributed by atoms with van der Waals surface area (Å²) in [4.78, 5) is 11.4. The number of carbonyl (C=O) groups is 1. The molecule has 2 N–H and O–H groups in total. The molecule has 0 aromatic carbocycles. The van der Waals surface area contributed by atoms with Gasteiger partial charge in [-0.15, -0.1) is 0 Å². The van der Waals surface area contributed by atoms with Crippen molar-refractivity contribution in [2.45, 2.75) is 32.7 Å². The van der Waals surface area contributed by atoms with Crippen LogP contribution in [0.15, 0.2) is 0 Å². The summed E-state index contributed by atoms with van der Waals surface area (Å²) in [6, 6.07) is 0.320. The first kappa shape index (κ1) is 13.8. The first-order chi connectivity index (χ1) is 6.74. The fraction of sp³-hybridized carbons (Fsp3) is 0.900. The standard InChI is InChI=1S/C10H22N2OS/c1-4-6-11-7-10(13)12-9(5-2)8-14-3/h9,11H,4-8H2,1-3H3,(H,12,13). The Hall–Kier alpha value is -0.220. The van der Waals surface area contributed by atoms with Crippen LogP contribution in [-0.4, -0.2) is 37.0 Å². The molecule has 1 unspecified atom stereocenters. The minimum atomic E-state index is 0.111. The third kappa shape index (κ3) is 7.21. The van der Waals surface area contributed by atoms with E-state index in [1.165, 1.54) is 0 Å². The monoisotopic (exact) mass is 218 g/mol. The molecule has 0 aromatic heterocycles. The summed E-state index contributed by atoms with van der Waals surface area (Å²) in [6.07, 6.45) is 4.12. The Morgan fingerprint density at radius 2 is 2.14 bits per heavy atom. The van der Waals surface area contributed by atoms with Gasteiger partial charge in [0.15, 0.2) is 0 Å². The van der Waals surface area contributed by atoms with Gasteiger partial charge in [-0.1, -0.05) is 13.8 Å². The lowest BCUT2D eigenvalue weighted by Crippen LogP contribution is -2.41. The lowest BCUT2D eigenvalue weighted by atomic mass is 10.2. The third-order valence-electron chi connectivity index (χ3n) is 1.94. The number of carbonyl (C=O) groups excluding carboxylic acids is 1. The van der Waals surface area contributed by atoms with E-state index in [1.807, 2.05) is 0 Å². The average Bonchev–Trinajstić information content (AvgIpc) is 2.17. The van der Waals surface area contributed by atoms with Gasteiger partial charge in [0, 0.05) is 11.8 Å². The first-order valence-electron chi connectivity index (χ1n) is 5.23. The van der Waals surface area contributed by atoms with E-state index in [1.54, 1.807) is 11.8 Å². The van der Waals surface area contributed by atoms with Gasteiger partial charge in [0.05, 0.1) is 6.54 Å². The molecule has 0 saturated heterocycles. The van der Waals surface area contributed by atoms with Gasteiger partial charge in [-0.25, -0.2) is 0 Å².